The van der Waals surface area contributed by atoms with Crippen LogP contribution in [0.5, 0.6) is 0 Å². The lowest BCUT2D eigenvalue weighted by molar-refractivity contribution is 1.48. The Balaban J connectivity index is 1.70. The van der Waals surface area contributed by atoms with Crippen molar-refractivity contribution in [3.63, 3.8) is 0 Å². The van der Waals surface area contributed by atoms with Crippen molar-refractivity contribution in [2.24, 2.45) is 0 Å². The van der Waals surface area contributed by atoms with Crippen LogP contribution in [-0.2, 0) is 0 Å². The summed E-state index contributed by atoms with van der Waals surface area (Å²) in [6.07, 6.45) is 4.26. The Hall–Kier alpha value is -3.63. The van der Waals surface area contributed by atoms with Crippen LogP contribution in [-0.4, -0.2) is 0 Å². The van der Waals surface area contributed by atoms with E-state index < -0.39 is 0 Å². The smallest absolute Gasteiger partial charge is 0.0991 e. The van der Waals surface area contributed by atoms with Gasteiger partial charge in [0.15, 0.2) is 0 Å². The first-order valence-corrected chi connectivity index (χ1v) is 8.68. The summed E-state index contributed by atoms with van der Waals surface area (Å²) < 4.78 is 0. The lowest BCUT2D eigenvalue weighted by atomic mass is 9.92. The first-order valence-electron chi connectivity index (χ1n) is 8.68. The topological polar surface area (TPSA) is 23.8 Å². The first kappa shape index (κ1) is 14.7. The van der Waals surface area contributed by atoms with E-state index >= 15 is 0 Å². The molecule has 0 fully saturated rings. The summed E-state index contributed by atoms with van der Waals surface area (Å²) in [6, 6.07) is 29.5. The van der Waals surface area contributed by atoms with E-state index in [0.29, 0.717) is 5.56 Å². The van der Waals surface area contributed by atoms with Crippen LogP contribution in [0.3, 0.4) is 0 Å². The van der Waals surface area contributed by atoms with Gasteiger partial charge in [0, 0.05) is 0 Å². The maximum atomic E-state index is 8.92. The monoisotopic (exact) mass is 329 g/mol. The third-order valence-electron chi connectivity index (χ3n) is 5.06. The highest BCUT2D eigenvalue weighted by molar-refractivity contribution is 6.24. The molecule has 0 bridgehead atoms. The molecule has 0 saturated heterocycles. The van der Waals surface area contributed by atoms with Crippen molar-refractivity contribution >= 4 is 44.5 Å². The summed E-state index contributed by atoms with van der Waals surface area (Å²) in [6.45, 7) is 0. The van der Waals surface area contributed by atoms with Crippen molar-refractivity contribution in [2.45, 2.75) is 0 Å². The summed E-state index contributed by atoms with van der Waals surface area (Å²) in [5.74, 6) is 0. The van der Waals surface area contributed by atoms with Gasteiger partial charge in [-0.1, -0.05) is 78.9 Å². The molecule has 0 amide bonds. The summed E-state index contributed by atoms with van der Waals surface area (Å²) in [5.41, 5.74) is 2.99. The maximum Gasteiger partial charge on any atom is 0.0991 e. The number of rotatable bonds is 2. The highest BCUT2D eigenvalue weighted by Gasteiger charge is 2.09. The quantitative estimate of drug-likeness (QED) is 0.263. The van der Waals surface area contributed by atoms with Gasteiger partial charge in [-0.2, -0.15) is 5.26 Å². The lowest BCUT2D eigenvalue weighted by Gasteiger charge is -2.12. The minimum Gasteiger partial charge on any atom is -0.192 e. The fraction of sp³-hybridized carbons (Fsp3) is 0. The molecular weight excluding hydrogens is 314 g/mol. The Kier molecular flexibility index (Phi) is 3.23. The van der Waals surface area contributed by atoms with Crippen molar-refractivity contribution in [3.8, 4) is 6.07 Å². The molecule has 0 aliphatic heterocycles. The van der Waals surface area contributed by atoms with Gasteiger partial charge in [0.1, 0.15) is 0 Å². The molecule has 0 heterocycles. The highest BCUT2D eigenvalue weighted by Crippen LogP contribution is 2.36. The summed E-state index contributed by atoms with van der Waals surface area (Å²) in [4.78, 5) is 0. The number of hydrogen-bond acceptors (Lipinski definition) is 1. The Morgan fingerprint density at radius 2 is 1.27 bits per heavy atom. The Morgan fingerprint density at radius 1 is 0.615 bits per heavy atom. The summed E-state index contributed by atoms with van der Waals surface area (Å²) in [5, 5.41) is 16.7. The zero-order chi connectivity index (χ0) is 17.5. The van der Waals surface area contributed by atoms with Crippen LogP contribution in [0, 0.1) is 11.3 Å². The molecule has 0 saturated carbocycles. The average molecular weight is 329 g/mol. The van der Waals surface area contributed by atoms with Gasteiger partial charge in [0.25, 0.3) is 0 Å². The van der Waals surface area contributed by atoms with Gasteiger partial charge in [0.2, 0.25) is 0 Å². The molecule has 1 heteroatoms. The Morgan fingerprint density at radius 3 is 2.00 bits per heavy atom. The standard InChI is InChI=1S/C25H15N/c26-16-18-6-4-17(5-7-18)8-9-19-10-11-22-13-12-20-2-1-3-21-14-15-23(19)25(22)24(20)21/h1-15H. The Labute approximate surface area is 151 Å². The van der Waals surface area contributed by atoms with Crippen LogP contribution < -0.4 is 0 Å². The molecule has 120 valence electrons. The molecule has 0 unspecified atom stereocenters. The van der Waals surface area contributed by atoms with Crippen LogP contribution in [0.4, 0.5) is 0 Å². The van der Waals surface area contributed by atoms with Crippen LogP contribution >= 0.6 is 0 Å². The predicted octanol–water partition coefficient (Wildman–Crippen LogP) is 6.63. The molecule has 0 N–H and O–H groups in total. The third kappa shape index (κ3) is 2.24. The SMILES string of the molecule is N#Cc1ccc(C=Cc2ccc3ccc4cccc5ccc2c3c45)cc1. The molecular formula is C25H15N. The largest absolute Gasteiger partial charge is 0.192 e. The third-order valence-corrected chi connectivity index (χ3v) is 5.06. The highest BCUT2D eigenvalue weighted by atomic mass is 14.2. The van der Waals surface area contributed by atoms with E-state index in [2.05, 4.69) is 72.8 Å². The molecule has 0 aliphatic carbocycles. The normalized spacial score (nSPS) is 11.7. The molecule has 5 rings (SSSR count). The predicted molar refractivity (Wildman–Crippen MR) is 110 cm³/mol. The van der Waals surface area contributed by atoms with Gasteiger partial charge < -0.3 is 0 Å². The van der Waals surface area contributed by atoms with Gasteiger partial charge in [-0.3, -0.25) is 0 Å². The van der Waals surface area contributed by atoms with Crippen molar-refractivity contribution in [3.05, 3.63) is 95.6 Å². The maximum absolute atomic E-state index is 8.92. The number of nitrogens with zero attached hydrogens (tertiary/aromatic N) is 1. The molecule has 0 atom stereocenters. The van der Waals surface area contributed by atoms with E-state index in [1.165, 1.54) is 37.9 Å². The van der Waals surface area contributed by atoms with Crippen molar-refractivity contribution in [1.82, 2.24) is 0 Å². The second-order valence-corrected chi connectivity index (χ2v) is 6.58. The van der Waals surface area contributed by atoms with Gasteiger partial charge in [-0.15, -0.1) is 0 Å². The minimum atomic E-state index is 0.685. The van der Waals surface area contributed by atoms with Crippen molar-refractivity contribution in [2.75, 3.05) is 0 Å². The fourth-order valence-corrected chi connectivity index (χ4v) is 3.76. The summed E-state index contributed by atoms with van der Waals surface area (Å²) >= 11 is 0. The zero-order valence-corrected chi connectivity index (χ0v) is 14.1. The molecule has 0 aromatic heterocycles. The van der Waals surface area contributed by atoms with Gasteiger partial charge >= 0.3 is 0 Å². The van der Waals surface area contributed by atoms with Crippen LogP contribution in [0.2, 0.25) is 0 Å². The van der Waals surface area contributed by atoms with Crippen molar-refractivity contribution < 1.29 is 0 Å². The van der Waals surface area contributed by atoms with E-state index in [4.69, 9.17) is 5.26 Å². The van der Waals surface area contributed by atoms with Crippen molar-refractivity contribution in [1.29, 1.82) is 5.26 Å². The van der Waals surface area contributed by atoms with E-state index in [0.717, 1.165) is 5.56 Å². The molecule has 5 aromatic rings. The van der Waals surface area contributed by atoms with Crippen LogP contribution in [0.15, 0.2) is 78.9 Å². The second-order valence-electron chi connectivity index (χ2n) is 6.58. The Bertz CT molecular complexity index is 1300. The number of benzene rings is 5. The van der Waals surface area contributed by atoms with E-state index in [1.54, 1.807) is 0 Å². The zero-order valence-electron chi connectivity index (χ0n) is 14.1. The molecule has 0 aliphatic rings. The molecule has 5 aromatic carbocycles. The van der Waals surface area contributed by atoms with E-state index in [-0.39, 0.29) is 0 Å². The van der Waals surface area contributed by atoms with Gasteiger partial charge in [0.05, 0.1) is 11.6 Å². The molecule has 26 heavy (non-hydrogen) atoms. The second kappa shape index (κ2) is 5.72. The molecule has 0 spiro atoms. The van der Waals surface area contributed by atoms with Crippen LogP contribution in [0.1, 0.15) is 16.7 Å². The van der Waals surface area contributed by atoms with E-state index in [9.17, 15) is 0 Å². The van der Waals surface area contributed by atoms with E-state index in [1.807, 2.05) is 24.3 Å². The number of nitriles is 1. The van der Waals surface area contributed by atoms with Gasteiger partial charge in [-0.25, -0.2) is 0 Å². The summed E-state index contributed by atoms with van der Waals surface area (Å²) in [7, 11) is 0. The molecule has 0 radical (unpaired) electrons. The number of hydrogen-bond donors (Lipinski definition) is 0. The fourth-order valence-electron chi connectivity index (χ4n) is 3.76. The first-order chi connectivity index (χ1) is 12.8. The minimum absolute atomic E-state index is 0.685. The average Bonchev–Trinajstić information content (AvgIpc) is 2.71. The molecule has 1 nitrogen and oxygen atoms in total. The van der Waals surface area contributed by atoms with Gasteiger partial charge in [-0.05, 0) is 55.6 Å². The lowest BCUT2D eigenvalue weighted by Crippen LogP contribution is -1.86. The van der Waals surface area contributed by atoms with Crippen LogP contribution in [0.25, 0.3) is 44.5 Å².